The van der Waals surface area contributed by atoms with Crippen LogP contribution >= 0.6 is 0 Å². The highest BCUT2D eigenvalue weighted by molar-refractivity contribution is 5.72. The quantitative estimate of drug-likeness (QED) is 0.763. The first-order chi connectivity index (χ1) is 8.09. The molecule has 4 heteroatoms. The maximum Gasteiger partial charge on any atom is 0.315 e. The van der Waals surface area contributed by atoms with E-state index in [2.05, 4.69) is 31.3 Å². The maximum absolute atomic E-state index is 11.1. The zero-order valence-electron chi connectivity index (χ0n) is 10.3. The Kier molecular flexibility index (Phi) is 3.33. The molecule has 0 bridgehead atoms. The monoisotopic (exact) mass is 234 g/mol. The lowest BCUT2D eigenvalue weighted by Crippen LogP contribution is -2.58. The zero-order valence-corrected chi connectivity index (χ0v) is 10.3. The van der Waals surface area contributed by atoms with E-state index in [1.165, 1.54) is 5.56 Å². The Morgan fingerprint density at radius 1 is 1.29 bits per heavy atom. The second-order valence-corrected chi connectivity index (χ2v) is 5.04. The molecule has 1 heterocycles. The number of urea groups is 1. The SMILES string of the molecule is C[N+]1(Cc2ccccc2)CCN(C(N)=O)CC1. The van der Waals surface area contributed by atoms with Crippen LogP contribution in [-0.2, 0) is 6.54 Å². The second kappa shape index (κ2) is 4.75. The minimum Gasteiger partial charge on any atom is -0.351 e. The number of benzene rings is 1. The lowest BCUT2D eigenvalue weighted by atomic mass is 10.1. The largest absolute Gasteiger partial charge is 0.351 e. The molecule has 1 aromatic rings. The van der Waals surface area contributed by atoms with Crippen molar-refractivity contribution in [3.8, 4) is 0 Å². The average Bonchev–Trinajstić information content (AvgIpc) is 2.30. The Morgan fingerprint density at radius 2 is 1.88 bits per heavy atom. The van der Waals surface area contributed by atoms with E-state index < -0.39 is 0 Å². The van der Waals surface area contributed by atoms with Crippen molar-refractivity contribution in [1.82, 2.24) is 4.90 Å². The van der Waals surface area contributed by atoms with E-state index in [9.17, 15) is 4.79 Å². The Morgan fingerprint density at radius 3 is 2.41 bits per heavy atom. The minimum absolute atomic E-state index is 0.295. The number of hydrogen-bond donors (Lipinski definition) is 1. The van der Waals surface area contributed by atoms with Gasteiger partial charge in [-0.05, 0) is 0 Å². The van der Waals surface area contributed by atoms with Gasteiger partial charge in [-0.1, -0.05) is 30.3 Å². The lowest BCUT2D eigenvalue weighted by molar-refractivity contribution is -0.926. The highest BCUT2D eigenvalue weighted by Crippen LogP contribution is 2.15. The lowest BCUT2D eigenvalue weighted by Gasteiger charge is -2.41. The van der Waals surface area contributed by atoms with Crippen LogP contribution in [0.5, 0.6) is 0 Å². The number of nitrogens with two attached hydrogens (primary N) is 1. The van der Waals surface area contributed by atoms with Gasteiger partial charge in [0.25, 0.3) is 0 Å². The average molecular weight is 234 g/mol. The van der Waals surface area contributed by atoms with Gasteiger partial charge in [0.1, 0.15) is 6.54 Å². The smallest absolute Gasteiger partial charge is 0.315 e. The summed E-state index contributed by atoms with van der Waals surface area (Å²) in [6.45, 7) is 4.49. The standard InChI is InChI=1S/C13H19N3O/c1-16(11-12-5-3-2-4-6-12)9-7-15(8-10-16)13(14)17/h2-6H,7-11H2,1H3,(H-,14,17)/p+1. The van der Waals surface area contributed by atoms with Crippen molar-refractivity contribution in [2.75, 3.05) is 33.2 Å². The summed E-state index contributed by atoms with van der Waals surface area (Å²) in [6.07, 6.45) is 0. The van der Waals surface area contributed by atoms with Crippen LogP contribution in [0.25, 0.3) is 0 Å². The topological polar surface area (TPSA) is 46.3 Å². The van der Waals surface area contributed by atoms with Crippen molar-refractivity contribution >= 4 is 6.03 Å². The van der Waals surface area contributed by atoms with Gasteiger partial charge in [-0.2, -0.15) is 0 Å². The molecular weight excluding hydrogens is 214 g/mol. The summed E-state index contributed by atoms with van der Waals surface area (Å²) in [5.41, 5.74) is 6.64. The Balaban J connectivity index is 1.96. The summed E-state index contributed by atoms with van der Waals surface area (Å²) < 4.78 is 0.980. The number of quaternary nitrogens is 1. The highest BCUT2D eigenvalue weighted by atomic mass is 16.2. The number of carbonyl (C=O) groups excluding carboxylic acids is 1. The molecule has 0 radical (unpaired) electrons. The number of primary amides is 1. The fourth-order valence-corrected chi connectivity index (χ4v) is 2.35. The highest BCUT2D eigenvalue weighted by Gasteiger charge is 2.29. The van der Waals surface area contributed by atoms with E-state index in [4.69, 9.17) is 5.73 Å². The summed E-state index contributed by atoms with van der Waals surface area (Å²) in [5.74, 6) is 0. The molecule has 1 aromatic carbocycles. The summed E-state index contributed by atoms with van der Waals surface area (Å²) in [4.78, 5) is 12.8. The van der Waals surface area contributed by atoms with Gasteiger partial charge in [-0.3, -0.25) is 0 Å². The van der Waals surface area contributed by atoms with Crippen LogP contribution in [0.3, 0.4) is 0 Å². The fraction of sp³-hybridized carbons (Fsp3) is 0.462. The molecule has 92 valence electrons. The first kappa shape index (κ1) is 11.9. The molecule has 0 aliphatic carbocycles. The van der Waals surface area contributed by atoms with Gasteiger partial charge < -0.3 is 15.1 Å². The molecular formula is C13H20N3O+. The maximum atomic E-state index is 11.1. The molecule has 2 amide bonds. The molecule has 17 heavy (non-hydrogen) atoms. The van der Waals surface area contributed by atoms with Crippen LogP contribution in [0.2, 0.25) is 0 Å². The van der Waals surface area contributed by atoms with Crippen LogP contribution in [-0.4, -0.2) is 48.6 Å². The van der Waals surface area contributed by atoms with Gasteiger partial charge in [-0.25, -0.2) is 4.79 Å². The van der Waals surface area contributed by atoms with Crippen LogP contribution in [0.15, 0.2) is 30.3 Å². The normalized spacial score (nSPS) is 19.0. The molecule has 1 aliphatic rings. The molecule has 0 atom stereocenters. The van der Waals surface area contributed by atoms with E-state index in [0.717, 1.165) is 37.2 Å². The van der Waals surface area contributed by atoms with Crippen LogP contribution in [0, 0.1) is 0 Å². The predicted molar refractivity (Wildman–Crippen MR) is 67.2 cm³/mol. The van der Waals surface area contributed by atoms with E-state index >= 15 is 0 Å². The number of carbonyl (C=O) groups is 1. The summed E-state index contributed by atoms with van der Waals surface area (Å²) >= 11 is 0. The van der Waals surface area contributed by atoms with E-state index in [-0.39, 0.29) is 6.03 Å². The van der Waals surface area contributed by atoms with Crippen molar-refractivity contribution in [3.05, 3.63) is 35.9 Å². The molecule has 1 fully saturated rings. The van der Waals surface area contributed by atoms with Crippen LogP contribution in [0.4, 0.5) is 4.79 Å². The van der Waals surface area contributed by atoms with E-state index in [0.29, 0.717) is 0 Å². The summed E-state index contributed by atoms with van der Waals surface area (Å²) in [6, 6.07) is 10.2. The molecule has 1 aliphatic heterocycles. The van der Waals surface area contributed by atoms with Crippen molar-refractivity contribution in [3.63, 3.8) is 0 Å². The number of rotatable bonds is 2. The van der Waals surface area contributed by atoms with E-state index in [1.54, 1.807) is 4.90 Å². The molecule has 0 spiro atoms. The van der Waals surface area contributed by atoms with Crippen LogP contribution < -0.4 is 5.73 Å². The van der Waals surface area contributed by atoms with E-state index in [1.807, 2.05) is 6.07 Å². The Labute approximate surface area is 102 Å². The number of likely N-dealkylation sites (N-methyl/N-ethyl adjacent to an activating group) is 1. The molecule has 2 rings (SSSR count). The van der Waals surface area contributed by atoms with Crippen molar-refractivity contribution in [1.29, 1.82) is 0 Å². The third-order valence-corrected chi connectivity index (χ3v) is 3.54. The van der Waals surface area contributed by atoms with Crippen molar-refractivity contribution < 1.29 is 9.28 Å². The van der Waals surface area contributed by atoms with Gasteiger partial charge in [0.2, 0.25) is 0 Å². The van der Waals surface area contributed by atoms with Gasteiger partial charge >= 0.3 is 6.03 Å². The third kappa shape index (κ3) is 2.97. The van der Waals surface area contributed by atoms with Crippen LogP contribution in [0.1, 0.15) is 5.56 Å². The van der Waals surface area contributed by atoms with Gasteiger partial charge in [0.05, 0.1) is 33.2 Å². The number of piperazine rings is 1. The number of nitrogens with zero attached hydrogens (tertiary/aromatic N) is 2. The zero-order chi connectivity index (χ0) is 12.3. The first-order valence-electron chi connectivity index (χ1n) is 6.01. The summed E-state index contributed by atoms with van der Waals surface area (Å²) in [7, 11) is 2.24. The molecule has 4 nitrogen and oxygen atoms in total. The minimum atomic E-state index is -0.295. The van der Waals surface area contributed by atoms with Crippen molar-refractivity contribution in [2.24, 2.45) is 5.73 Å². The predicted octanol–water partition coefficient (Wildman–Crippen LogP) is 1.03. The molecule has 1 saturated heterocycles. The number of hydrogen-bond acceptors (Lipinski definition) is 1. The van der Waals surface area contributed by atoms with Gasteiger partial charge in [0.15, 0.2) is 0 Å². The number of amides is 2. The molecule has 0 saturated carbocycles. The molecule has 0 aromatic heterocycles. The third-order valence-electron chi connectivity index (χ3n) is 3.54. The van der Waals surface area contributed by atoms with Gasteiger partial charge in [0, 0.05) is 5.56 Å². The first-order valence-corrected chi connectivity index (χ1v) is 6.01. The molecule has 2 N–H and O–H groups in total. The Hall–Kier alpha value is -1.55. The van der Waals surface area contributed by atoms with Gasteiger partial charge in [-0.15, -0.1) is 0 Å². The van der Waals surface area contributed by atoms with Crippen molar-refractivity contribution in [2.45, 2.75) is 6.54 Å². The molecule has 0 unspecified atom stereocenters. The summed E-state index contributed by atoms with van der Waals surface area (Å²) in [5, 5.41) is 0. The second-order valence-electron chi connectivity index (χ2n) is 5.04. The fourth-order valence-electron chi connectivity index (χ4n) is 2.35. The Bertz CT molecular complexity index is 383.